The summed E-state index contributed by atoms with van der Waals surface area (Å²) in [5, 5.41) is 12.1. The van der Waals surface area contributed by atoms with E-state index in [0.29, 0.717) is 25.2 Å². The van der Waals surface area contributed by atoms with Crippen molar-refractivity contribution in [3.63, 3.8) is 0 Å². The molecule has 0 aliphatic heterocycles. The van der Waals surface area contributed by atoms with Crippen LogP contribution in [0.1, 0.15) is 15.9 Å². The number of nitrogens with one attached hydrogen (secondary N) is 1. The van der Waals surface area contributed by atoms with Gasteiger partial charge in [0.05, 0.1) is 12.7 Å². The van der Waals surface area contributed by atoms with Crippen LogP contribution in [0.25, 0.3) is 0 Å². The fourth-order valence-electron chi connectivity index (χ4n) is 2.01. The molecule has 1 amide bonds. The molecule has 1 aromatic rings. The van der Waals surface area contributed by atoms with Gasteiger partial charge in [-0.2, -0.15) is 5.26 Å². The third kappa shape index (κ3) is 5.99. The summed E-state index contributed by atoms with van der Waals surface area (Å²) in [5.74, 6) is -0.794. The minimum absolute atomic E-state index is 0.00474. The average Bonchev–Trinajstić information content (AvgIpc) is 2.64. The van der Waals surface area contributed by atoms with Gasteiger partial charge in [0.25, 0.3) is 5.91 Å². The standard InChI is InChI=1S/C19H21N3O3/c1-4-10-22(11-5-2)18(23)17(12-20)14-21-13-15-6-8-16(9-7-15)19(24)25-3/h4-9,14,21H,1-2,10-11,13H2,3H3/b17-14-. The molecular weight excluding hydrogens is 318 g/mol. The van der Waals surface area contributed by atoms with Crippen LogP contribution in [0.4, 0.5) is 0 Å². The molecule has 1 rings (SSSR count). The maximum atomic E-state index is 12.3. The van der Waals surface area contributed by atoms with Crippen LogP contribution in [-0.2, 0) is 16.1 Å². The Hall–Kier alpha value is -3.33. The van der Waals surface area contributed by atoms with Gasteiger partial charge in [-0.25, -0.2) is 4.79 Å². The molecule has 1 N–H and O–H groups in total. The van der Waals surface area contributed by atoms with Crippen molar-refractivity contribution in [2.45, 2.75) is 6.54 Å². The van der Waals surface area contributed by atoms with Gasteiger partial charge >= 0.3 is 5.97 Å². The fraction of sp³-hybridized carbons (Fsp3) is 0.211. The minimum atomic E-state index is -0.402. The first-order valence-electron chi connectivity index (χ1n) is 7.59. The van der Waals surface area contributed by atoms with Gasteiger partial charge in [0, 0.05) is 25.8 Å². The van der Waals surface area contributed by atoms with Crippen molar-refractivity contribution in [2.24, 2.45) is 0 Å². The Kier molecular flexibility index (Phi) is 8.24. The zero-order valence-corrected chi connectivity index (χ0v) is 14.2. The van der Waals surface area contributed by atoms with Crippen molar-refractivity contribution in [1.82, 2.24) is 10.2 Å². The number of benzene rings is 1. The summed E-state index contributed by atoms with van der Waals surface area (Å²) in [7, 11) is 1.32. The zero-order chi connectivity index (χ0) is 18.7. The Labute approximate surface area is 147 Å². The van der Waals surface area contributed by atoms with E-state index in [9.17, 15) is 14.9 Å². The number of hydrogen-bond donors (Lipinski definition) is 1. The van der Waals surface area contributed by atoms with E-state index in [2.05, 4.69) is 23.2 Å². The topological polar surface area (TPSA) is 82.4 Å². The normalized spacial score (nSPS) is 10.3. The number of ether oxygens (including phenoxy) is 1. The molecule has 130 valence electrons. The highest BCUT2D eigenvalue weighted by Crippen LogP contribution is 2.06. The Morgan fingerprint density at radius 1 is 1.24 bits per heavy atom. The second-order valence-electron chi connectivity index (χ2n) is 5.03. The fourth-order valence-corrected chi connectivity index (χ4v) is 2.01. The smallest absolute Gasteiger partial charge is 0.337 e. The number of esters is 1. The highest BCUT2D eigenvalue weighted by molar-refractivity contribution is 5.97. The third-order valence-corrected chi connectivity index (χ3v) is 3.26. The summed E-state index contributed by atoms with van der Waals surface area (Å²) in [6.07, 6.45) is 4.56. The van der Waals surface area contributed by atoms with Crippen molar-refractivity contribution >= 4 is 11.9 Å². The lowest BCUT2D eigenvalue weighted by Crippen LogP contribution is -2.32. The summed E-state index contributed by atoms with van der Waals surface area (Å²) >= 11 is 0. The molecule has 0 saturated heterocycles. The van der Waals surface area contributed by atoms with Crippen molar-refractivity contribution in [2.75, 3.05) is 20.2 Å². The first-order chi connectivity index (χ1) is 12.1. The number of nitriles is 1. The predicted molar refractivity (Wildman–Crippen MR) is 95.3 cm³/mol. The minimum Gasteiger partial charge on any atom is -0.465 e. The molecule has 0 saturated carbocycles. The maximum absolute atomic E-state index is 12.3. The first kappa shape index (κ1) is 19.7. The summed E-state index contributed by atoms with van der Waals surface area (Å²) in [6.45, 7) is 8.27. The van der Waals surface area contributed by atoms with Crippen LogP contribution in [0.5, 0.6) is 0 Å². The summed E-state index contributed by atoms with van der Waals surface area (Å²) in [6, 6.07) is 8.73. The van der Waals surface area contributed by atoms with Crippen molar-refractivity contribution < 1.29 is 14.3 Å². The van der Waals surface area contributed by atoms with E-state index in [1.54, 1.807) is 36.4 Å². The average molecular weight is 339 g/mol. The highest BCUT2D eigenvalue weighted by atomic mass is 16.5. The molecule has 1 aromatic carbocycles. The lowest BCUT2D eigenvalue weighted by atomic mass is 10.1. The van der Waals surface area contributed by atoms with Gasteiger partial charge < -0.3 is 15.0 Å². The van der Waals surface area contributed by atoms with Gasteiger partial charge in [0.2, 0.25) is 0 Å². The van der Waals surface area contributed by atoms with Gasteiger partial charge in [0.1, 0.15) is 11.6 Å². The van der Waals surface area contributed by atoms with Gasteiger partial charge in [-0.3, -0.25) is 4.79 Å². The third-order valence-electron chi connectivity index (χ3n) is 3.26. The number of carbonyl (C=O) groups is 2. The molecule has 0 radical (unpaired) electrons. The molecule has 0 atom stereocenters. The molecule has 0 aliphatic rings. The van der Waals surface area contributed by atoms with Crippen LogP contribution < -0.4 is 5.32 Å². The number of carbonyl (C=O) groups excluding carboxylic acids is 2. The monoisotopic (exact) mass is 339 g/mol. The molecule has 0 heterocycles. The Morgan fingerprint density at radius 2 is 1.84 bits per heavy atom. The highest BCUT2D eigenvalue weighted by Gasteiger charge is 2.15. The maximum Gasteiger partial charge on any atom is 0.337 e. The Bertz CT molecular complexity index is 690. The quantitative estimate of drug-likeness (QED) is 0.323. The largest absolute Gasteiger partial charge is 0.465 e. The molecule has 0 unspecified atom stereocenters. The lowest BCUT2D eigenvalue weighted by molar-refractivity contribution is -0.125. The summed E-state index contributed by atoms with van der Waals surface area (Å²) in [5.41, 5.74) is 1.34. The van der Waals surface area contributed by atoms with Crippen LogP contribution in [0.3, 0.4) is 0 Å². The van der Waals surface area contributed by atoms with Crippen LogP contribution in [-0.4, -0.2) is 37.0 Å². The molecule has 6 nitrogen and oxygen atoms in total. The van der Waals surface area contributed by atoms with E-state index in [4.69, 9.17) is 0 Å². The van der Waals surface area contributed by atoms with E-state index in [0.717, 1.165) is 5.56 Å². The lowest BCUT2D eigenvalue weighted by Gasteiger charge is -2.18. The molecule has 0 bridgehead atoms. The van der Waals surface area contributed by atoms with Gasteiger partial charge in [-0.1, -0.05) is 24.3 Å². The van der Waals surface area contributed by atoms with E-state index < -0.39 is 11.9 Å². The van der Waals surface area contributed by atoms with Crippen LogP contribution in [0.2, 0.25) is 0 Å². The van der Waals surface area contributed by atoms with Gasteiger partial charge in [0.15, 0.2) is 0 Å². The van der Waals surface area contributed by atoms with Gasteiger partial charge in [-0.15, -0.1) is 13.2 Å². The molecule has 0 fully saturated rings. The summed E-state index contributed by atoms with van der Waals surface area (Å²) in [4.78, 5) is 25.1. The van der Waals surface area contributed by atoms with E-state index in [1.807, 2.05) is 6.07 Å². The number of rotatable bonds is 9. The predicted octanol–water partition coefficient (Wildman–Crippen LogP) is 2.17. The number of nitrogens with zero attached hydrogens (tertiary/aromatic N) is 2. The molecule has 0 spiro atoms. The van der Waals surface area contributed by atoms with E-state index in [1.165, 1.54) is 18.2 Å². The molecule has 0 aromatic heterocycles. The molecule has 25 heavy (non-hydrogen) atoms. The zero-order valence-electron chi connectivity index (χ0n) is 14.2. The number of methoxy groups -OCH3 is 1. The van der Waals surface area contributed by atoms with Crippen molar-refractivity contribution in [3.8, 4) is 6.07 Å². The van der Waals surface area contributed by atoms with Crippen LogP contribution in [0, 0.1) is 11.3 Å². The van der Waals surface area contributed by atoms with Gasteiger partial charge in [-0.05, 0) is 17.7 Å². The molecule has 6 heteroatoms. The van der Waals surface area contributed by atoms with Crippen molar-refractivity contribution in [3.05, 3.63) is 72.5 Å². The summed E-state index contributed by atoms with van der Waals surface area (Å²) < 4.78 is 4.64. The second-order valence-corrected chi connectivity index (χ2v) is 5.03. The second kappa shape index (κ2) is 10.4. The Balaban J connectivity index is 2.72. The van der Waals surface area contributed by atoms with Crippen LogP contribution in [0.15, 0.2) is 61.3 Å². The number of amides is 1. The Morgan fingerprint density at radius 3 is 2.32 bits per heavy atom. The molecule has 0 aliphatic carbocycles. The van der Waals surface area contributed by atoms with E-state index >= 15 is 0 Å². The SMILES string of the molecule is C=CCN(CC=C)C(=O)/C(C#N)=C\NCc1ccc(C(=O)OC)cc1. The number of hydrogen-bond acceptors (Lipinski definition) is 5. The molecular formula is C19H21N3O3. The van der Waals surface area contributed by atoms with Crippen LogP contribution >= 0.6 is 0 Å². The first-order valence-corrected chi connectivity index (χ1v) is 7.59. The van der Waals surface area contributed by atoms with Crippen molar-refractivity contribution in [1.29, 1.82) is 5.26 Å². The van der Waals surface area contributed by atoms with E-state index in [-0.39, 0.29) is 5.57 Å².